The molecule has 3 heteroatoms. The minimum Gasteiger partial charge on any atom is -0.313 e. The van der Waals surface area contributed by atoms with Gasteiger partial charge in [0.25, 0.3) is 0 Å². The SMILES string of the molecule is CNC(C)c1cccc2c(C)[nH]nc12. The van der Waals surface area contributed by atoms with Crippen molar-refractivity contribution in [2.75, 3.05) is 7.05 Å². The molecule has 1 unspecified atom stereocenters. The predicted octanol–water partition coefficient (Wildman–Crippen LogP) is 2.15. The lowest BCUT2D eigenvalue weighted by Crippen LogP contribution is -2.12. The average molecular weight is 189 g/mol. The van der Waals surface area contributed by atoms with Crippen LogP contribution in [0.3, 0.4) is 0 Å². The maximum absolute atomic E-state index is 4.32. The van der Waals surface area contributed by atoms with E-state index < -0.39 is 0 Å². The zero-order chi connectivity index (χ0) is 10.1. The van der Waals surface area contributed by atoms with Gasteiger partial charge in [-0.15, -0.1) is 0 Å². The number of para-hydroxylation sites is 1. The average Bonchev–Trinajstić information content (AvgIpc) is 2.59. The summed E-state index contributed by atoms with van der Waals surface area (Å²) < 4.78 is 0. The van der Waals surface area contributed by atoms with Gasteiger partial charge in [-0.25, -0.2) is 0 Å². The molecule has 1 aromatic carbocycles. The number of rotatable bonds is 2. The third-order valence-corrected chi connectivity index (χ3v) is 2.71. The minimum absolute atomic E-state index is 0.335. The molecular formula is C11H15N3. The molecule has 2 rings (SSSR count). The lowest BCUT2D eigenvalue weighted by atomic mass is 10.0. The van der Waals surface area contributed by atoms with Gasteiger partial charge in [0.2, 0.25) is 0 Å². The van der Waals surface area contributed by atoms with E-state index in [2.05, 4.69) is 40.6 Å². The summed E-state index contributed by atoms with van der Waals surface area (Å²) in [4.78, 5) is 0. The number of nitrogens with one attached hydrogen (secondary N) is 2. The van der Waals surface area contributed by atoms with Crippen molar-refractivity contribution in [3.8, 4) is 0 Å². The number of aromatic amines is 1. The molecule has 14 heavy (non-hydrogen) atoms. The van der Waals surface area contributed by atoms with Crippen LogP contribution in [0.15, 0.2) is 18.2 Å². The van der Waals surface area contributed by atoms with Crippen LogP contribution in [0.25, 0.3) is 10.9 Å². The molecule has 0 bridgehead atoms. The number of hydrogen-bond donors (Lipinski definition) is 2. The fourth-order valence-corrected chi connectivity index (χ4v) is 1.69. The van der Waals surface area contributed by atoms with Crippen LogP contribution >= 0.6 is 0 Å². The molecule has 2 N–H and O–H groups in total. The maximum Gasteiger partial charge on any atom is 0.0971 e. The molecule has 1 atom stereocenters. The van der Waals surface area contributed by atoms with Crippen molar-refractivity contribution in [1.29, 1.82) is 0 Å². The normalized spacial score (nSPS) is 13.4. The molecule has 0 aliphatic carbocycles. The van der Waals surface area contributed by atoms with Crippen LogP contribution in [0, 0.1) is 6.92 Å². The van der Waals surface area contributed by atoms with Gasteiger partial charge in [0.1, 0.15) is 0 Å². The van der Waals surface area contributed by atoms with Crippen molar-refractivity contribution in [1.82, 2.24) is 15.5 Å². The Hall–Kier alpha value is -1.35. The lowest BCUT2D eigenvalue weighted by molar-refractivity contribution is 0.656. The number of benzene rings is 1. The highest BCUT2D eigenvalue weighted by Gasteiger charge is 2.10. The zero-order valence-electron chi connectivity index (χ0n) is 8.76. The zero-order valence-corrected chi connectivity index (χ0v) is 8.76. The number of fused-ring (bicyclic) bond motifs is 1. The Morgan fingerprint density at radius 2 is 2.21 bits per heavy atom. The molecule has 0 amide bonds. The maximum atomic E-state index is 4.32. The van der Waals surface area contributed by atoms with Crippen LogP contribution in [0.1, 0.15) is 24.2 Å². The highest BCUT2D eigenvalue weighted by Crippen LogP contribution is 2.23. The van der Waals surface area contributed by atoms with Crippen molar-refractivity contribution < 1.29 is 0 Å². The van der Waals surface area contributed by atoms with E-state index >= 15 is 0 Å². The largest absolute Gasteiger partial charge is 0.313 e. The van der Waals surface area contributed by atoms with Gasteiger partial charge in [0.05, 0.1) is 5.52 Å². The van der Waals surface area contributed by atoms with E-state index in [1.165, 1.54) is 10.9 Å². The first-order valence-corrected chi connectivity index (χ1v) is 4.85. The molecule has 1 aromatic heterocycles. The Morgan fingerprint density at radius 1 is 1.43 bits per heavy atom. The molecule has 3 nitrogen and oxygen atoms in total. The second kappa shape index (κ2) is 3.42. The summed E-state index contributed by atoms with van der Waals surface area (Å²) in [7, 11) is 1.96. The Morgan fingerprint density at radius 3 is 2.93 bits per heavy atom. The van der Waals surface area contributed by atoms with Gasteiger partial charge in [-0.3, -0.25) is 5.10 Å². The second-order valence-corrected chi connectivity index (χ2v) is 3.60. The van der Waals surface area contributed by atoms with E-state index in [-0.39, 0.29) is 0 Å². The summed E-state index contributed by atoms with van der Waals surface area (Å²) in [6.45, 7) is 4.18. The van der Waals surface area contributed by atoms with Gasteiger partial charge in [-0.05, 0) is 26.5 Å². The molecule has 0 aliphatic heterocycles. The number of H-pyrrole nitrogens is 1. The van der Waals surface area contributed by atoms with Crippen LogP contribution in [-0.2, 0) is 0 Å². The van der Waals surface area contributed by atoms with Gasteiger partial charge in [0, 0.05) is 17.1 Å². The molecule has 0 spiro atoms. The molecule has 0 radical (unpaired) electrons. The third kappa shape index (κ3) is 1.30. The quantitative estimate of drug-likeness (QED) is 0.760. The van der Waals surface area contributed by atoms with Crippen molar-refractivity contribution >= 4 is 10.9 Å². The first kappa shape index (κ1) is 9.21. The first-order chi connectivity index (χ1) is 6.74. The lowest BCUT2D eigenvalue weighted by Gasteiger charge is -2.10. The predicted molar refractivity (Wildman–Crippen MR) is 58.3 cm³/mol. The number of aryl methyl sites for hydroxylation is 1. The Kier molecular flexibility index (Phi) is 2.25. The minimum atomic E-state index is 0.335. The van der Waals surface area contributed by atoms with Gasteiger partial charge >= 0.3 is 0 Å². The van der Waals surface area contributed by atoms with Crippen LogP contribution in [0.4, 0.5) is 0 Å². The van der Waals surface area contributed by atoms with Crippen LogP contribution in [0.5, 0.6) is 0 Å². The number of hydrogen-bond acceptors (Lipinski definition) is 2. The Balaban J connectivity index is 2.65. The van der Waals surface area contributed by atoms with E-state index in [1.54, 1.807) is 0 Å². The molecule has 1 heterocycles. The van der Waals surface area contributed by atoms with Crippen molar-refractivity contribution in [3.63, 3.8) is 0 Å². The molecule has 0 saturated heterocycles. The van der Waals surface area contributed by atoms with Crippen LogP contribution < -0.4 is 5.32 Å². The van der Waals surface area contributed by atoms with Crippen LogP contribution in [0.2, 0.25) is 0 Å². The van der Waals surface area contributed by atoms with E-state index in [0.717, 1.165) is 11.2 Å². The molecule has 74 valence electrons. The van der Waals surface area contributed by atoms with Crippen molar-refractivity contribution in [2.45, 2.75) is 19.9 Å². The third-order valence-electron chi connectivity index (χ3n) is 2.71. The second-order valence-electron chi connectivity index (χ2n) is 3.60. The smallest absolute Gasteiger partial charge is 0.0971 e. The fraction of sp³-hybridized carbons (Fsp3) is 0.364. The highest BCUT2D eigenvalue weighted by molar-refractivity contribution is 5.84. The van der Waals surface area contributed by atoms with Gasteiger partial charge in [-0.1, -0.05) is 18.2 Å². The topological polar surface area (TPSA) is 40.7 Å². The molecule has 0 aliphatic rings. The summed E-state index contributed by atoms with van der Waals surface area (Å²) in [6.07, 6.45) is 0. The first-order valence-electron chi connectivity index (χ1n) is 4.85. The van der Waals surface area contributed by atoms with E-state index in [0.29, 0.717) is 6.04 Å². The van der Waals surface area contributed by atoms with Crippen molar-refractivity contribution in [2.24, 2.45) is 0 Å². The Bertz CT molecular complexity index is 445. The molecule has 0 saturated carbocycles. The van der Waals surface area contributed by atoms with E-state index in [4.69, 9.17) is 0 Å². The standard InChI is InChI=1S/C11H15N3/c1-7(12-3)9-5-4-6-10-8(2)13-14-11(9)10/h4-7,12H,1-3H3,(H,13,14). The van der Waals surface area contributed by atoms with E-state index in [9.17, 15) is 0 Å². The highest BCUT2D eigenvalue weighted by atomic mass is 15.1. The fourth-order valence-electron chi connectivity index (χ4n) is 1.69. The number of nitrogens with zero attached hydrogens (tertiary/aromatic N) is 1. The van der Waals surface area contributed by atoms with Crippen LogP contribution in [-0.4, -0.2) is 17.2 Å². The summed E-state index contributed by atoms with van der Waals surface area (Å²) in [5, 5.41) is 11.8. The van der Waals surface area contributed by atoms with Crippen molar-refractivity contribution in [3.05, 3.63) is 29.5 Å². The Labute approximate surface area is 83.5 Å². The molecular weight excluding hydrogens is 174 g/mol. The van der Waals surface area contributed by atoms with E-state index in [1.807, 2.05) is 14.0 Å². The summed E-state index contributed by atoms with van der Waals surface area (Å²) in [5.74, 6) is 0. The van der Waals surface area contributed by atoms with Gasteiger partial charge in [-0.2, -0.15) is 5.10 Å². The number of aromatic nitrogens is 2. The molecule has 2 aromatic rings. The monoisotopic (exact) mass is 189 g/mol. The summed E-state index contributed by atoms with van der Waals surface area (Å²) >= 11 is 0. The summed E-state index contributed by atoms with van der Waals surface area (Å²) in [6, 6.07) is 6.62. The van der Waals surface area contributed by atoms with Gasteiger partial charge in [0.15, 0.2) is 0 Å². The van der Waals surface area contributed by atoms with Gasteiger partial charge < -0.3 is 5.32 Å². The summed E-state index contributed by atoms with van der Waals surface area (Å²) in [5.41, 5.74) is 3.45. The molecule has 0 fully saturated rings.